The lowest BCUT2D eigenvalue weighted by atomic mass is 9.97. The molecule has 166 valence electrons. The topological polar surface area (TPSA) is 34.6 Å². The molecule has 1 heterocycles. The largest absolute Gasteiger partial charge is 0.361 e. The third kappa shape index (κ3) is 5.32. The summed E-state index contributed by atoms with van der Waals surface area (Å²) in [4.78, 5) is 8.31. The van der Waals surface area contributed by atoms with Crippen molar-refractivity contribution in [2.45, 2.75) is 18.9 Å². The minimum atomic E-state index is 0.109. The van der Waals surface area contributed by atoms with Crippen LogP contribution in [0.3, 0.4) is 0 Å². The minimum Gasteiger partial charge on any atom is -0.361 e. The van der Waals surface area contributed by atoms with Gasteiger partial charge in [0.25, 0.3) is 0 Å². The molecule has 3 aromatic rings. The van der Waals surface area contributed by atoms with Gasteiger partial charge in [-0.15, -0.1) is 0 Å². The molecule has 0 aliphatic carbocycles. The molecular formula is C27H24Cl2N4. The highest BCUT2D eigenvalue weighted by molar-refractivity contribution is 6.33. The van der Waals surface area contributed by atoms with E-state index in [4.69, 9.17) is 29.8 Å². The lowest BCUT2D eigenvalue weighted by molar-refractivity contribution is 0.214. The highest BCUT2D eigenvalue weighted by Gasteiger charge is 2.30. The van der Waals surface area contributed by atoms with Crippen LogP contribution in [0.4, 0.5) is 11.4 Å². The Labute approximate surface area is 205 Å². The molecule has 0 N–H and O–H groups in total. The first-order valence-corrected chi connectivity index (χ1v) is 11.7. The predicted molar refractivity (Wildman–Crippen MR) is 135 cm³/mol. The van der Waals surface area contributed by atoms with E-state index in [9.17, 15) is 5.26 Å². The van der Waals surface area contributed by atoms with Crippen LogP contribution >= 0.6 is 23.2 Å². The van der Waals surface area contributed by atoms with E-state index in [1.165, 1.54) is 11.1 Å². The molecule has 33 heavy (non-hydrogen) atoms. The van der Waals surface area contributed by atoms with Gasteiger partial charge in [0, 0.05) is 31.2 Å². The second-order valence-corrected chi connectivity index (χ2v) is 9.25. The summed E-state index contributed by atoms with van der Waals surface area (Å²) in [5, 5.41) is 10.5. The molecular weight excluding hydrogens is 451 g/mol. The molecule has 0 amide bonds. The first kappa shape index (κ1) is 23.1. The van der Waals surface area contributed by atoms with Crippen molar-refractivity contribution in [2.24, 2.45) is 0 Å². The Kier molecular flexibility index (Phi) is 7.21. The van der Waals surface area contributed by atoms with Gasteiger partial charge >= 0.3 is 0 Å². The zero-order chi connectivity index (χ0) is 23.4. The molecule has 0 saturated carbocycles. The lowest BCUT2D eigenvalue weighted by Gasteiger charge is -2.44. The van der Waals surface area contributed by atoms with Crippen LogP contribution in [0.5, 0.6) is 0 Å². The Morgan fingerprint density at radius 2 is 1.79 bits per heavy atom. The predicted octanol–water partition coefficient (Wildman–Crippen LogP) is 7.08. The maximum Gasteiger partial charge on any atom is 0.187 e. The summed E-state index contributed by atoms with van der Waals surface area (Å²) >= 11 is 12.8. The second kappa shape index (κ2) is 10.3. The number of halogens is 2. The zero-order valence-electron chi connectivity index (χ0n) is 18.4. The Morgan fingerprint density at radius 3 is 2.42 bits per heavy atom. The number of anilines is 1. The summed E-state index contributed by atoms with van der Waals surface area (Å²) in [6.45, 7) is 12.9. The van der Waals surface area contributed by atoms with Crippen LogP contribution < -0.4 is 4.90 Å². The molecule has 3 aromatic carbocycles. The van der Waals surface area contributed by atoms with Crippen molar-refractivity contribution in [1.29, 1.82) is 5.26 Å². The van der Waals surface area contributed by atoms with Crippen molar-refractivity contribution < 1.29 is 0 Å². The smallest absolute Gasteiger partial charge is 0.187 e. The van der Waals surface area contributed by atoms with E-state index in [1.807, 2.05) is 36.4 Å². The van der Waals surface area contributed by atoms with Crippen LogP contribution in [0.15, 0.2) is 66.7 Å². The highest BCUT2D eigenvalue weighted by Crippen LogP contribution is 2.36. The fourth-order valence-electron chi connectivity index (χ4n) is 4.44. The highest BCUT2D eigenvalue weighted by atomic mass is 35.5. The molecule has 4 rings (SSSR count). The van der Waals surface area contributed by atoms with Crippen LogP contribution in [0.2, 0.25) is 10.0 Å². The molecule has 2 atom stereocenters. The molecule has 1 fully saturated rings. The Bertz CT molecular complexity index is 1190. The van der Waals surface area contributed by atoms with Crippen LogP contribution in [-0.4, -0.2) is 31.1 Å². The van der Waals surface area contributed by atoms with Crippen molar-refractivity contribution >= 4 is 34.6 Å². The fourth-order valence-corrected chi connectivity index (χ4v) is 4.86. The monoisotopic (exact) mass is 474 g/mol. The van der Waals surface area contributed by atoms with E-state index < -0.39 is 0 Å². The zero-order valence-corrected chi connectivity index (χ0v) is 19.9. The first-order valence-electron chi connectivity index (χ1n) is 10.9. The summed E-state index contributed by atoms with van der Waals surface area (Å²) < 4.78 is 0. The van der Waals surface area contributed by atoms with Gasteiger partial charge in [-0.2, -0.15) is 5.26 Å². The van der Waals surface area contributed by atoms with Crippen molar-refractivity contribution in [1.82, 2.24) is 4.90 Å². The maximum absolute atomic E-state index is 9.21. The Hall–Kier alpha value is -3.02. The number of nitriles is 1. The molecule has 0 aromatic heterocycles. The van der Waals surface area contributed by atoms with E-state index in [0.717, 1.165) is 31.9 Å². The standard InChI is InChI=1S/C27H24Cl2N4/c1-19(21-6-10-24(31-2)11-7-21)17-32-13-14-33(26-12-3-20(16-30)15-25(26)29)27(18-32)22-4-8-23(28)9-5-22/h3-12,15,19,27H,13-14,17-18H2,1H3/t19-,27?/m1/s1. The van der Waals surface area contributed by atoms with Gasteiger partial charge in [0.15, 0.2) is 5.69 Å². The molecule has 1 saturated heterocycles. The average Bonchev–Trinajstić information content (AvgIpc) is 2.84. The van der Waals surface area contributed by atoms with Crippen LogP contribution in [0, 0.1) is 17.9 Å². The summed E-state index contributed by atoms with van der Waals surface area (Å²) in [6, 6.07) is 23.7. The van der Waals surface area contributed by atoms with Gasteiger partial charge in [0.05, 0.1) is 35.0 Å². The maximum atomic E-state index is 9.21. The summed E-state index contributed by atoms with van der Waals surface area (Å²) in [5.41, 5.74) is 4.59. The number of hydrogen-bond donors (Lipinski definition) is 0. The number of rotatable bonds is 5. The van der Waals surface area contributed by atoms with Gasteiger partial charge in [0.2, 0.25) is 0 Å². The molecule has 1 aliphatic rings. The summed E-state index contributed by atoms with van der Waals surface area (Å²) in [5.74, 6) is 0.348. The van der Waals surface area contributed by atoms with E-state index in [2.05, 4.69) is 51.9 Å². The van der Waals surface area contributed by atoms with Gasteiger partial charge in [-0.1, -0.05) is 66.5 Å². The van der Waals surface area contributed by atoms with Crippen LogP contribution in [-0.2, 0) is 0 Å². The van der Waals surface area contributed by atoms with Gasteiger partial charge < -0.3 is 4.90 Å². The summed E-state index contributed by atoms with van der Waals surface area (Å²) in [7, 11) is 0. The Morgan fingerprint density at radius 1 is 1.06 bits per heavy atom. The van der Waals surface area contributed by atoms with E-state index in [1.54, 1.807) is 6.07 Å². The molecule has 0 spiro atoms. The molecule has 1 aliphatic heterocycles. The molecule has 6 heteroatoms. The van der Waals surface area contributed by atoms with Gasteiger partial charge in [-0.05, 0) is 47.4 Å². The molecule has 0 radical (unpaired) electrons. The normalized spacial score (nSPS) is 17.2. The van der Waals surface area contributed by atoms with Crippen molar-refractivity contribution in [3.05, 3.63) is 105 Å². The fraction of sp³-hybridized carbons (Fsp3) is 0.259. The quantitative estimate of drug-likeness (QED) is 0.370. The lowest BCUT2D eigenvalue weighted by Crippen LogP contribution is -2.49. The van der Waals surface area contributed by atoms with E-state index in [0.29, 0.717) is 27.2 Å². The van der Waals surface area contributed by atoms with Crippen molar-refractivity contribution in [3.8, 4) is 6.07 Å². The Balaban J connectivity index is 1.57. The first-order chi connectivity index (χ1) is 16.0. The number of nitrogens with zero attached hydrogens (tertiary/aromatic N) is 4. The SMILES string of the molecule is [C-]#[N+]c1ccc([C@H](C)CN2CCN(c3ccc(C#N)cc3Cl)C(c3ccc(Cl)cc3)C2)cc1. The van der Waals surface area contributed by atoms with Crippen molar-refractivity contribution in [2.75, 3.05) is 31.1 Å². The van der Waals surface area contributed by atoms with Gasteiger partial charge in [-0.25, -0.2) is 4.85 Å². The third-order valence-corrected chi connectivity index (χ3v) is 6.78. The average molecular weight is 475 g/mol. The number of piperazine rings is 1. The van der Waals surface area contributed by atoms with Crippen LogP contribution in [0.1, 0.15) is 35.6 Å². The number of hydrogen-bond acceptors (Lipinski definition) is 3. The van der Waals surface area contributed by atoms with E-state index >= 15 is 0 Å². The number of benzene rings is 3. The third-order valence-electron chi connectivity index (χ3n) is 6.23. The summed E-state index contributed by atoms with van der Waals surface area (Å²) in [6.07, 6.45) is 0. The second-order valence-electron chi connectivity index (χ2n) is 8.40. The van der Waals surface area contributed by atoms with Gasteiger partial charge in [0.1, 0.15) is 0 Å². The molecule has 1 unspecified atom stereocenters. The van der Waals surface area contributed by atoms with E-state index in [-0.39, 0.29) is 6.04 Å². The minimum absolute atomic E-state index is 0.109. The molecule has 4 nitrogen and oxygen atoms in total. The molecule has 0 bridgehead atoms. The van der Waals surface area contributed by atoms with Crippen molar-refractivity contribution in [3.63, 3.8) is 0 Å². The van der Waals surface area contributed by atoms with Crippen LogP contribution in [0.25, 0.3) is 4.85 Å². The van der Waals surface area contributed by atoms with Gasteiger partial charge in [-0.3, -0.25) is 4.90 Å².